The molecule has 56 heavy (non-hydrogen) atoms. The van der Waals surface area contributed by atoms with Crippen LogP contribution in [0.25, 0.3) is 0 Å². The normalized spacial score (nSPS) is 14.0. The Kier molecular flexibility index (Phi) is 37.1. The van der Waals surface area contributed by atoms with Gasteiger partial charge in [0, 0.05) is 12.8 Å². The van der Waals surface area contributed by atoms with Crippen LogP contribution in [0, 0.1) is 0 Å². The molecule has 0 radical (unpaired) electrons. The van der Waals surface area contributed by atoms with Crippen molar-refractivity contribution in [2.24, 2.45) is 0 Å². The lowest BCUT2D eigenvalue weighted by molar-refractivity contribution is -0.870. The number of allylic oxidation sites excluding steroid dienone is 8. The van der Waals surface area contributed by atoms with Crippen molar-refractivity contribution in [1.29, 1.82) is 0 Å². The summed E-state index contributed by atoms with van der Waals surface area (Å²) in [6, 6.07) is 0. The van der Waals surface area contributed by atoms with E-state index in [9.17, 15) is 19.0 Å². The third-order valence-corrected chi connectivity index (χ3v) is 10.3. The maximum absolute atomic E-state index is 12.6. The molecule has 326 valence electrons. The first kappa shape index (κ1) is 54.0. The van der Waals surface area contributed by atoms with E-state index >= 15 is 0 Å². The van der Waals surface area contributed by atoms with Crippen molar-refractivity contribution in [3.63, 3.8) is 0 Å². The van der Waals surface area contributed by atoms with Crippen LogP contribution in [0.15, 0.2) is 48.6 Å². The van der Waals surface area contributed by atoms with E-state index in [1.54, 1.807) is 0 Å². The zero-order valence-corrected chi connectivity index (χ0v) is 37.5. The van der Waals surface area contributed by atoms with Gasteiger partial charge in [0.1, 0.15) is 19.8 Å². The van der Waals surface area contributed by atoms with Gasteiger partial charge < -0.3 is 27.9 Å². The maximum Gasteiger partial charge on any atom is 0.306 e. The second kappa shape index (κ2) is 38.5. The van der Waals surface area contributed by atoms with Crippen LogP contribution < -0.4 is 4.89 Å². The van der Waals surface area contributed by atoms with Crippen molar-refractivity contribution in [1.82, 2.24) is 0 Å². The predicted octanol–water partition coefficient (Wildman–Crippen LogP) is 12.1. The lowest BCUT2D eigenvalue weighted by Gasteiger charge is -2.28. The summed E-state index contributed by atoms with van der Waals surface area (Å²) in [5, 5.41) is 0. The zero-order valence-electron chi connectivity index (χ0n) is 36.6. The second-order valence-corrected chi connectivity index (χ2v) is 17.5. The van der Waals surface area contributed by atoms with Gasteiger partial charge in [0.05, 0.1) is 27.7 Å². The van der Waals surface area contributed by atoms with Crippen LogP contribution in [-0.4, -0.2) is 70.0 Å². The molecule has 0 aromatic carbocycles. The number of rotatable bonds is 40. The van der Waals surface area contributed by atoms with Gasteiger partial charge in [0.25, 0.3) is 7.82 Å². The number of phosphoric ester groups is 1. The van der Waals surface area contributed by atoms with Crippen LogP contribution >= 0.6 is 7.82 Å². The van der Waals surface area contributed by atoms with E-state index < -0.39 is 32.5 Å². The van der Waals surface area contributed by atoms with E-state index in [0.29, 0.717) is 23.9 Å². The number of carbonyl (C=O) groups excluding carboxylic acids is 2. The molecule has 0 aliphatic heterocycles. The average Bonchev–Trinajstić information content (AvgIpc) is 3.15. The van der Waals surface area contributed by atoms with Gasteiger partial charge in [0.15, 0.2) is 6.10 Å². The number of unbranched alkanes of at least 4 members (excludes halogenated alkanes) is 18. The fraction of sp³-hybridized carbons (Fsp3) is 0.783. The van der Waals surface area contributed by atoms with Crippen molar-refractivity contribution >= 4 is 19.8 Å². The first-order valence-corrected chi connectivity index (χ1v) is 23.8. The molecule has 0 aromatic rings. The standard InChI is InChI=1S/C46H84NO8P/c1-6-8-10-12-14-16-18-20-22-23-25-26-28-30-32-34-36-38-45(48)52-42-44(43-54-56(50,51)53-41-40-47(3,4)5)55-46(49)39-37-35-33-31-29-27-24-21-19-17-15-13-11-9-7-2/h14,16,20,22,25-26,33,35,44H,6-13,15,17-19,21,23-24,27-32,34,36-43H2,1-5H3/b16-14+,22-20+,26-25+,35-33+/t44-/m1/s1. The molecule has 0 saturated carbocycles. The third-order valence-electron chi connectivity index (χ3n) is 9.33. The minimum atomic E-state index is -4.64. The summed E-state index contributed by atoms with van der Waals surface area (Å²) in [5.41, 5.74) is 0. The Labute approximate surface area is 343 Å². The number of quaternary nitrogens is 1. The van der Waals surface area contributed by atoms with Crippen LogP contribution in [0.1, 0.15) is 181 Å². The highest BCUT2D eigenvalue weighted by molar-refractivity contribution is 7.45. The van der Waals surface area contributed by atoms with Gasteiger partial charge in [-0.1, -0.05) is 152 Å². The maximum atomic E-state index is 12.6. The molecule has 10 heteroatoms. The third kappa shape index (κ3) is 41.6. The van der Waals surface area contributed by atoms with Gasteiger partial charge >= 0.3 is 11.9 Å². The molecule has 0 bridgehead atoms. The smallest absolute Gasteiger partial charge is 0.306 e. The molecule has 0 N–H and O–H groups in total. The number of phosphoric acid groups is 1. The highest BCUT2D eigenvalue weighted by Crippen LogP contribution is 2.38. The Bertz CT molecular complexity index is 1100. The van der Waals surface area contributed by atoms with E-state index in [1.807, 2.05) is 27.2 Å². The van der Waals surface area contributed by atoms with E-state index in [4.69, 9.17) is 18.5 Å². The van der Waals surface area contributed by atoms with Crippen molar-refractivity contribution in [3.05, 3.63) is 48.6 Å². The number of ether oxygens (including phenoxy) is 2. The van der Waals surface area contributed by atoms with Crippen molar-refractivity contribution < 1.29 is 42.1 Å². The van der Waals surface area contributed by atoms with E-state index in [1.165, 1.54) is 89.9 Å². The summed E-state index contributed by atoms with van der Waals surface area (Å²) in [6.45, 7) is 4.13. The molecule has 0 aliphatic carbocycles. The van der Waals surface area contributed by atoms with Crippen LogP contribution in [-0.2, 0) is 32.7 Å². The monoisotopic (exact) mass is 810 g/mol. The van der Waals surface area contributed by atoms with Crippen LogP contribution in [0.3, 0.4) is 0 Å². The Morgan fingerprint density at radius 2 is 1.00 bits per heavy atom. The summed E-state index contributed by atoms with van der Waals surface area (Å²) in [6.07, 6.45) is 44.3. The molecule has 2 atom stereocenters. The van der Waals surface area contributed by atoms with Crippen LogP contribution in [0.4, 0.5) is 0 Å². The second-order valence-electron chi connectivity index (χ2n) is 16.1. The number of carbonyl (C=O) groups is 2. The van der Waals surface area contributed by atoms with Gasteiger partial charge in [-0.25, -0.2) is 0 Å². The molecule has 0 saturated heterocycles. The molecule has 0 rings (SSSR count). The summed E-state index contributed by atoms with van der Waals surface area (Å²) < 4.78 is 33.8. The first-order chi connectivity index (χ1) is 27.0. The molecule has 1 unspecified atom stereocenters. The molecular weight excluding hydrogens is 725 g/mol. The fourth-order valence-electron chi connectivity index (χ4n) is 5.80. The summed E-state index contributed by atoms with van der Waals surface area (Å²) in [5.74, 6) is -0.917. The Hall–Kier alpha value is -2.03. The van der Waals surface area contributed by atoms with Gasteiger partial charge in [-0.15, -0.1) is 0 Å². The molecule has 9 nitrogen and oxygen atoms in total. The highest BCUT2D eigenvalue weighted by atomic mass is 31.2. The zero-order chi connectivity index (χ0) is 41.4. The minimum Gasteiger partial charge on any atom is -0.756 e. The van der Waals surface area contributed by atoms with Crippen LogP contribution in [0.2, 0.25) is 0 Å². The molecule has 0 spiro atoms. The summed E-state index contributed by atoms with van der Waals surface area (Å²) in [7, 11) is 1.13. The van der Waals surface area contributed by atoms with Gasteiger partial charge in [-0.3, -0.25) is 14.2 Å². The predicted molar refractivity (Wildman–Crippen MR) is 231 cm³/mol. The molecule has 0 aromatic heterocycles. The number of likely N-dealkylation sites (N-methyl/N-ethyl adjacent to an activating group) is 1. The number of hydrogen-bond acceptors (Lipinski definition) is 8. The lowest BCUT2D eigenvalue weighted by atomic mass is 10.1. The fourth-order valence-corrected chi connectivity index (χ4v) is 6.52. The van der Waals surface area contributed by atoms with Crippen molar-refractivity contribution in [2.45, 2.75) is 187 Å². The van der Waals surface area contributed by atoms with E-state index in [2.05, 4.69) is 56.4 Å². The van der Waals surface area contributed by atoms with Gasteiger partial charge in [0.2, 0.25) is 0 Å². The highest BCUT2D eigenvalue weighted by Gasteiger charge is 2.21. The molecule has 0 heterocycles. The Balaban J connectivity index is 4.43. The van der Waals surface area contributed by atoms with Gasteiger partial charge in [-0.05, 0) is 64.2 Å². The van der Waals surface area contributed by atoms with Crippen molar-refractivity contribution in [2.75, 3.05) is 47.5 Å². The molecule has 0 amide bonds. The van der Waals surface area contributed by atoms with Crippen molar-refractivity contribution in [3.8, 4) is 0 Å². The number of hydrogen-bond donors (Lipinski definition) is 0. The Morgan fingerprint density at radius 1 is 0.554 bits per heavy atom. The van der Waals surface area contributed by atoms with Crippen LogP contribution in [0.5, 0.6) is 0 Å². The molecule has 0 fully saturated rings. The quantitative estimate of drug-likeness (QED) is 0.0198. The minimum absolute atomic E-state index is 0.0414. The molecule has 0 aliphatic rings. The Morgan fingerprint density at radius 3 is 1.55 bits per heavy atom. The first-order valence-electron chi connectivity index (χ1n) is 22.3. The molecular formula is C46H84NO8P. The summed E-state index contributed by atoms with van der Waals surface area (Å²) >= 11 is 0. The van der Waals surface area contributed by atoms with Gasteiger partial charge in [-0.2, -0.15) is 0 Å². The topological polar surface area (TPSA) is 111 Å². The largest absolute Gasteiger partial charge is 0.756 e. The average molecular weight is 810 g/mol. The van der Waals surface area contributed by atoms with E-state index in [-0.39, 0.29) is 26.1 Å². The lowest BCUT2D eigenvalue weighted by Crippen LogP contribution is -2.37. The van der Waals surface area contributed by atoms with E-state index in [0.717, 1.165) is 51.4 Å². The summed E-state index contributed by atoms with van der Waals surface area (Å²) in [4.78, 5) is 37.5. The number of nitrogens with zero attached hydrogens (tertiary/aromatic N) is 1. The number of esters is 2. The SMILES string of the molecule is CCCCC/C=C/C/C=C/C/C=C/CCCCCCC(=O)OC[C@H](COP(=O)([O-])OCC[N+](C)(C)C)OC(=O)CC/C=C/CCCCCCCCCCCCC.